The summed E-state index contributed by atoms with van der Waals surface area (Å²) in [5, 5.41) is 13.8. The quantitative estimate of drug-likeness (QED) is 0.340. The second-order valence-electron chi connectivity index (χ2n) is 5.95. The summed E-state index contributed by atoms with van der Waals surface area (Å²) in [6.07, 6.45) is 2.00. The molecule has 0 radical (unpaired) electrons. The van der Waals surface area contributed by atoms with Crippen molar-refractivity contribution in [1.29, 1.82) is 5.26 Å². The lowest BCUT2D eigenvalue weighted by atomic mass is 10.1. The van der Waals surface area contributed by atoms with E-state index in [2.05, 4.69) is 15.1 Å². The lowest BCUT2D eigenvalue weighted by Gasteiger charge is -2.11. The van der Waals surface area contributed by atoms with Gasteiger partial charge in [-0.2, -0.15) is 10.2 Å². The van der Waals surface area contributed by atoms with Crippen LogP contribution in [-0.4, -0.2) is 45.0 Å². The first-order valence-corrected chi connectivity index (χ1v) is 9.79. The number of carbonyl (C=O) groups is 1. The van der Waals surface area contributed by atoms with Crippen LogP contribution < -0.4 is 4.74 Å². The summed E-state index contributed by atoms with van der Waals surface area (Å²) < 4.78 is 12.4. The molecule has 0 atom stereocenters. The Bertz CT molecular complexity index is 1040. The number of ether oxygens (including phenoxy) is 2. The molecule has 8 nitrogen and oxygen atoms in total. The number of nitriles is 1. The molecule has 0 amide bonds. The number of nitrogens with zero attached hydrogens (tertiary/aromatic N) is 5. The van der Waals surface area contributed by atoms with E-state index in [0.717, 1.165) is 17.0 Å². The van der Waals surface area contributed by atoms with Crippen LogP contribution in [-0.2, 0) is 16.0 Å². The van der Waals surface area contributed by atoms with Gasteiger partial charge in [-0.05, 0) is 44.4 Å². The SMILES string of the molecule is CSc1nc2nc(C)c(CC(=O)OCCOc3ccc(C#N)cc3)c(C)n2n1. The van der Waals surface area contributed by atoms with E-state index in [9.17, 15) is 4.79 Å². The molecule has 0 aliphatic carbocycles. The Labute approximate surface area is 166 Å². The molecule has 0 bridgehead atoms. The third kappa shape index (κ3) is 4.40. The molecule has 0 aliphatic rings. The third-order valence-corrected chi connectivity index (χ3v) is 4.67. The van der Waals surface area contributed by atoms with E-state index in [1.807, 2.05) is 26.2 Å². The number of hydrogen-bond acceptors (Lipinski definition) is 8. The molecule has 2 aromatic heterocycles. The first kappa shape index (κ1) is 19.6. The maximum atomic E-state index is 12.2. The largest absolute Gasteiger partial charge is 0.490 e. The number of esters is 1. The Balaban J connectivity index is 1.56. The number of hydrogen-bond donors (Lipinski definition) is 0. The predicted molar refractivity (Wildman–Crippen MR) is 103 cm³/mol. The Morgan fingerprint density at radius 3 is 2.64 bits per heavy atom. The molecule has 0 saturated heterocycles. The van der Waals surface area contributed by atoms with Crippen molar-refractivity contribution in [1.82, 2.24) is 19.6 Å². The number of rotatable bonds is 7. The van der Waals surface area contributed by atoms with Crippen LogP contribution in [0.2, 0.25) is 0 Å². The average Bonchev–Trinajstić information content (AvgIpc) is 3.12. The molecule has 9 heteroatoms. The van der Waals surface area contributed by atoms with Crippen molar-refractivity contribution < 1.29 is 14.3 Å². The summed E-state index contributed by atoms with van der Waals surface area (Å²) in [6, 6.07) is 8.79. The van der Waals surface area contributed by atoms with Crippen LogP contribution in [0.3, 0.4) is 0 Å². The van der Waals surface area contributed by atoms with Crippen LogP contribution in [0.25, 0.3) is 5.78 Å². The van der Waals surface area contributed by atoms with Gasteiger partial charge in [-0.1, -0.05) is 11.8 Å². The maximum absolute atomic E-state index is 12.2. The van der Waals surface area contributed by atoms with E-state index in [1.165, 1.54) is 11.8 Å². The topological polar surface area (TPSA) is 102 Å². The summed E-state index contributed by atoms with van der Waals surface area (Å²) in [5.74, 6) is 0.778. The highest BCUT2D eigenvalue weighted by Crippen LogP contribution is 2.17. The number of aryl methyl sites for hydroxylation is 2. The average molecular weight is 397 g/mol. The Hall–Kier alpha value is -3.12. The molecule has 0 aliphatic heterocycles. The highest BCUT2D eigenvalue weighted by Gasteiger charge is 2.16. The van der Waals surface area contributed by atoms with Gasteiger partial charge in [0.25, 0.3) is 5.78 Å². The van der Waals surface area contributed by atoms with Gasteiger partial charge in [0, 0.05) is 17.0 Å². The van der Waals surface area contributed by atoms with Crippen LogP contribution in [0.4, 0.5) is 0 Å². The fourth-order valence-electron chi connectivity index (χ4n) is 2.67. The second-order valence-corrected chi connectivity index (χ2v) is 6.73. The fraction of sp³-hybridized carbons (Fsp3) is 0.316. The second kappa shape index (κ2) is 8.71. The number of thioether (sulfide) groups is 1. The standard InChI is InChI=1S/C19H19N5O3S/c1-12-16(13(2)24-18(21-12)22-19(23-24)28-3)10-17(25)27-9-8-26-15-6-4-14(11-20)5-7-15/h4-7H,8-10H2,1-3H3. The predicted octanol–water partition coefficient (Wildman–Crippen LogP) is 2.50. The van der Waals surface area contributed by atoms with Gasteiger partial charge in [0.15, 0.2) is 0 Å². The summed E-state index contributed by atoms with van der Waals surface area (Å²) in [4.78, 5) is 21.0. The van der Waals surface area contributed by atoms with Gasteiger partial charge in [0.1, 0.15) is 19.0 Å². The highest BCUT2D eigenvalue weighted by molar-refractivity contribution is 7.98. The molecule has 0 saturated carbocycles. The molecule has 0 fully saturated rings. The molecular formula is C19H19N5O3S. The Kier molecular flexibility index (Phi) is 6.11. The number of carbonyl (C=O) groups excluding carboxylic acids is 1. The molecule has 0 unspecified atom stereocenters. The van der Waals surface area contributed by atoms with Crippen molar-refractivity contribution in [3.63, 3.8) is 0 Å². The molecule has 3 aromatic rings. The van der Waals surface area contributed by atoms with Crippen LogP contribution in [0.5, 0.6) is 5.75 Å². The van der Waals surface area contributed by atoms with E-state index >= 15 is 0 Å². The molecule has 0 spiro atoms. The van der Waals surface area contributed by atoms with E-state index < -0.39 is 0 Å². The van der Waals surface area contributed by atoms with Gasteiger partial charge < -0.3 is 9.47 Å². The zero-order chi connectivity index (χ0) is 20.1. The third-order valence-electron chi connectivity index (χ3n) is 4.13. The van der Waals surface area contributed by atoms with Crippen molar-refractivity contribution in [2.24, 2.45) is 0 Å². The van der Waals surface area contributed by atoms with Crippen LogP contribution >= 0.6 is 11.8 Å². The van der Waals surface area contributed by atoms with Crippen molar-refractivity contribution in [2.45, 2.75) is 25.4 Å². The zero-order valence-electron chi connectivity index (χ0n) is 15.8. The van der Waals surface area contributed by atoms with Crippen molar-refractivity contribution in [2.75, 3.05) is 19.5 Å². The van der Waals surface area contributed by atoms with Gasteiger partial charge in [0.2, 0.25) is 5.16 Å². The smallest absolute Gasteiger partial charge is 0.310 e. The monoisotopic (exact) mass is 397 g/mol. The van der Waals surface area contributed by atoms with Gasteiger partial charge >= 0.3 is 5.97 Å². The summed E-state index contributed by atoms with van der Waals surface area (Å²) in [6.45, 7) is 4.09. The zero-order valence-corrected chi connectivity index (χ0v) is 16.6. The van der Waals surface area contributed by atoms with Crippen molar-refractivity contribution in [3.8, 4) is 11.8 Å². The molecule has 3 rings (SSSR count). The number of fused-ring (bicyclic) bond motifs is 1. The Morgan fingerprint density at radius 2 is 1.96 bits per heavy atom. The van der Waals surface area contributed by atoms with Gasteiger partial charge in [-0.15, -0.1) is 5.10 Å². The summed E-state index contributed by atoms with van der Waals surface area (Å²) in [5.41, 5.74) is 2.90. The first-order valence-electron chi connectivity index (χ1n) is 8.57. The van der Waals surface area contributed by atoms with E-state index in [4.69, 9.17) is 14.7 Å². The minimum atomic E-state index is -0.360. The lowest BCUT2D eigenvalue weighted by Crippen LogP contribution is -2.16. The first-order chi connectivity index (χ1) is 13.5. The normalized spacial score (nSPS) is 10.6. The minimum absolute atomic E-state index is 0.103. The van der Waals surface area contributed by atoms with Crippen LogP contribution in [0.15, 0.2) is 29.4 Å². The highest BCUT2D eigenvalue weighted by atomic mass is 32.2. The van der Waals surface area contributed by atoms with Crippen molar-refractivity contribution >= 4 is 23.5 Å². The van der Waals surface area contributed by atoms with Crippen molar-refractivity contribution in [3.05, 3.63) is 46.8 Å². The van der Waals surface area contributed by atoms with E-state index in [1.54, 1.807) is 28.8 Å². The fourth-order valence-corrected chi connectivity index (χ4v) is 3.00. The van der Waals surface area contributed by atoms with Crippen LogP contribution in [0.1, 0.15) is 22.5 Å². The molecule has 0 N–H and O–H groups in total. The summed E-state index contributed by atoms with van der Waals surface area (Å²) in [7, 11) is 0. The molecule has 1 aromatic carbocycles. The van der Waals surface area contributed by atoms with Gasteiger partial charge in [0.05, 0.1) is 18.1 Å². The molecule has 144 valence electrons. The maximum Gasteiger partial charge on any atom is 0.310 e. The number of benzene rings is 1. The van der Waals surface area contributed by atoms with E-state index in [-0.39, 0.29) is 25.6 Å². The number of aromatic nitrogens is 4. The molecular weight excluding hydrogens is 378 g/mol. The minimum Gasteiger partial charge on any atom is -0.490 e. The lowest BCUT2D eigenvalue weighted by molar-refractivity contribution is -0.143. The molecule has 2 heterocycles. The van der Waals surface area contributed by atoms with Gasteiger partial charge in [-0.25, -0.2) is 9.50 Å². The van der Waals surface area contributed by atoms with Gasteiger partial charge in [-0.3, -0.25) is 4.79 Å². The molecule has 28 heavy (non-hydrogen) atoms. The Morgan fingerprint density at radius 1 is 1.21 bits per heavy atom. The van der Waals surface area contributed by atoms with E-state index in [0.29, 0.717) is 22.2 Å². The summed E-state index contributed by atoms with van der Waals surface area (Å²) >= 11 is 1.44. The van der Waals surface area contributed by atoms with Crippen LogP contribution in [0, 0.1) is 25.2 Å².